The van der Waals surface area contributed by atoms with Crippen LogP contribution in [0.15, 0.2) is 37.2 Å². The number of pyridine rings is 1. The summed E-state index contributed by atoms with van der Waals surface area (Å²) in [6.45, 7) is 4.33. The molecule has 4 nitrogen and oxygen atoms in total. The van der Waals surface area contributed by atoms with Gasteiger partial charge in [0, 0.05) is 48.3 Å². The van der Waals surface area contributed by atoms with Crippen molar-refractivity contribution in [2.75, 3.05) is 0 Å². The van der Waals surface area contributed by atoms with E-state index < -0.39 is 0 Å². The molecule has 2 aromatic heterocycles. The van der Waals surface area contributed by atoms with Gasteiger partial charge in [0.15, 0.2) is 0 Å². The molecular formula is C16H18N4. The molecule has 2 aromatic rings. The Morgan fingerprint density at radius 3 is 2.45 bits per heavy atom. The highest BCUT2D eigenvalue weighted by molar-refractivity contribution is 5.61. The maximum atomic E-state index is 9.04. The normalized spacial score (nSPS) is 13.4. The fourth-order valence-corrected chi connectivity index (χ4v) is 2.30. The Morgan fingerprint density at radius 1 is 1.10 bits per heavy atom. The van der Waals surface area contributed by atoms with Gasteiger partial charge in [-0.05, 0) is 17.5 Å². The van der Waals surface area contributed by atoms with E-state index in [0.717, 1.165) is 23.1 Å². The van der Waals surface area contributed by atoms with Gasteiger partial charge in [-0.15, -0.1) is 0 Å². The zero-order valence-electron chi connectivity index (χ0n) is 11.8. The lowest BCUT2D eigenvalue weighted by Gasteiger charge is -2.21. The van der Waals surface area contributed by atoms with E-state index in [1.807, 2.05) is 12.4 Å². The first kappa shape index (κ1) is 14.1. The first-order valence-electron chi connectivity index (χ1n) is 6.83. The van der Waals surface area contributed by atoms with Crippen LogP contribution in [0.5, 0.6) is 0 Å². The van der Waals surface area contributed by atoms with Gasteiger partial charge in [-0.2, -0.15) is 5.26 Å². The highest BCUT2D eigenvalue weighted by atomic mass is 14.8. The molecule has 4 heteroatoms. The lowest BCUT2D eigenvalue weighted by Crippen LogP contribution is -2.09. The van der Waals surface area contributed by atoms with Crippen LogP contribution >= 0.6 is 0 Å². The first-order valence-corrected chi connectivity index (χ1v) is 6.83. The number of nitrogens with zero attached hydrogens (tertiary/aromatic N) is 4. The third-order valence-corrected chi connectivity index (χ3v) is 3.72. The molecule has 0 aliphatic heterocycles. The minimum Gasteiger partial charge on any atom is -0.264 e. The monoisotopic (exact) mass is 266 g/mol. The van der Waals surface area contributed by atoms with E-state index in [0.29, 0.717) is 12.3 Å². The second-order valence-electron chi connectivity index (χ2n) is 4.99. The summed E-state index contributed by atoms with van der Waals surface area (Å²) in [5.41, 5.74) is 3.05. The molecule has 20 heavy (non-hydrogen) atoms. The maximum Gasteiger partial charge on any atom is 0.115 e. The number of aromatic nitrogens is 3. The van der Waals surface area contributed by atoms with Crippen LogP contribution in [0.1, 0.15) is 38.2 Å². The van der Waals surface area contributed by atoms with E-state index in [2.05, 4.69) is 40.9 Å². The number of hydrogen-bond donors (Lipinski definition) is 0. The van der Waals surface area contributed by atoms with Crippen molar-refractivity contribution in [3.8, 4) is 17.2 Å². The molecule has 102 valence electrons. The third-order valence-electron chi connectivity index (χ3n) is 3.72. The lowest BCUT2D eigenvalue weighted by molar-refractivity contribution is 0.450. The number of nitriles is 1. The average molecular weight is 266 g/mol. The van der Waals surface area contributed by atoms with Gasteiger partial charge in [-0.3, -0.25) is 4.98 Å². The van der Waals surface area contributed by atoms with Crippen LogP contribution in [0.2, 0.25) is 0 Å². The van der Waals surface area contributed by atoms with Crippen LogP contribution in [0.25, 0.3) is 11.1 Å². The van der Waals surface area contributed by atoms with Crippen LogP contribution in [0.4, 0.5) is 0 Å². The molecule has 0 saturated carbocycles. The number of rotatable bonds is 5. The van der Waals surface area contributed by atoms with Gasteiger partial charge in [-0.25, -0.2) is 9.97 Å². The molecule has 0 spiro atoms. The Bertz CT molecular complexity index is 589. The smallest absolute Gasteiger partial charge is 0.115 e. The van der Waals surface area contributed by atoms with Crippen LogP contribution in [-0.4, -0.2) is 15.0 Å². The summed E-state index contributed by atoms with van der Waals surface area (Å²) in [5, 5.41) is 9.04. The molecule has 2 atom stereocenters. The Hall–Kier alpha value is -2.28. The van der Waals surface area contributed by atoms with Crippen molar-refractivity contribution >= 4 is 0 Å². The Morgan fingerprint density at radius 2 is 1.80 bits per heavy atom. The van der Waals surface area contributed by atoms with E-state index >= 15 is 0 Å². The van der Waals surface area contributed by atoms with Crippen molar-refractivity contribution in [3.63, 3.8) is 0 Å². The van der Waals surface area contributed by atoms with E-state index in [1.54, 1.807) is 12.4 Å². The highest BCUT2D eigenvalue weighted by Crippen LogP contribution is 2.31. The van der Waals surface area contributed by atoms with Gasteiger partial charge in [-0.1, -0.05) is 20.3 Å². The van der Waals surface area contributed by atoms with Gasteiger partial charge in [0.2, 0.25) is 0 Å². The van der Waals surface area contributed by atoms with Crippen LogP contribution in [0.3, 0.4) is 0 Å². The fourth-order valence-electron chi connectivity index (χ4n) is 2.30. The molecule has 2 unspecified atom stereocenters. The first-order chi connectivity index (χ1) is 9.76. The van der Waals surface area contributed by atoms with E-state index in [1.165, 1.54) is 6.33 Å². The summed E-state index contributed by atoms with van der Waals surface area (Å²) >= 11 is 0. The molecular weight excluding hydrogens is 248 g/mol. The highest BCUT2D eigenvalue weighted by Gasteiger charge is 2.18. The van der Waals surface area contributed by atoms with Crippen molar-refractivity contribution in [1.29, 1.82) is 5.26 Å². The predicted octanol–water partition coefficient (Wildman–Crippen LogP) is 3.58. The Kier molecular flexibility index (Phi) is 4.78. The van der Waals surface area contributed by atoms with Gasteiger partial charge < -0.3 is 0 Å². The second kappa shape index (κ2) is 6.76. The summed E-state index contributed by atoms with van der Waals surface area (Å²) in [6.07, 6.45) is 10.3. The molecule has 2 rings (SSSR count). The average Bonchev–Trinajstić information content (AvgIpc) is 2.53. The molecule has 0 saturated heterocycles. The molecule has 0 fully saturated rings. The van der Waals surface area contributed by atoms with Crippen LogP contribution < -0.4 is 0 Å². The standard InChI is InChI=1S/C16H18N4/c1-3-12(2)16(4-5-17)14-6-13(7-18-8-14)15-9-19-11-20-10-15/h6-12,16H,3-4H2,1-2H3. The van der Waals surface area contributed by atoms with E-state index in [4.69, 9.17) is 5.26 Å². The molecule has 0 bridgehead atoms. The molecule has 0 radical (unpaired) electrons. The fraction of sp³-hybridized carbons (Fsp3) is 0.375. The maximum absolute atomic E-state index is 9.04. The quantitative estimate of drug-likeness (QED) is 0.829. The summed E-state index contributed by atoms with van der Waals surface area (Å²) in [5.74, 6) is 0.681. The van der Waals surface area contributed by atoms with Crippen molar-refractivity contribution in [2.45, 2.75) is 32.6 Å². The molecule has 0 aliphatic rings. The molecule has 2 heterocycles. The SMILES string of the molecule is CCC(C)C(CC#N)c1cncc(-c2cncnc2)c1. The molecule has 0 N–H and O–H groups in total. The molecule has 0 aliphatic carbocycles. The van der Waals surface area contributed by atoms with Crippen molar-refractivity contribution in [1.82, 2.24) is 15.0 Å². The van der Waals surface area contributed by atoms with Crippen LogP contribution in [0, 0.1) is 17.2 Å². The molecule has 0 amide bonds. The Labute approximate surface area is 119 Å². The van der Waals surface area contributed by atoms with Crippen molar-refractivity contribution in [2.24, 2.45) is 5.92 Å². The number of hydrogen-bond acceptors (Lipinski definition) is 4. The minimum atomic E-state index is 0.224. The topological polar surface area (TPSA) is 62.5 Å². The zero-order valence-corrected chi connectivity index (χ0v) is 11.8. The van der Waals surface area contributed by atoms with E-state index in [9.17, 15) is 0 Å². The lowest BCUT2D eigenvalue weighted by atomic mass is 9.84. The van der Waals surface area contributed by atoms with Gasteiger partial charge in [0.1, 0.15) is 6.33 Å². The third kappa shape index (κ3) is 3.18. The largest absolute Gasteiger partial charge is 0.264 e. The predicted molar refractivity (Wildman–Crippen MR) is 77.7 cm³/mol. The zero-order chi connectivity index (χ0) is 14.4. The summed E-state index contributed by atoms with van der Waals surface area (Å²) in [6, 6.07) is 4.39. The second-order valence-corrected chi connectivity index (χ2v) is 4.99. The van der Waals surface area contributed by atoms with Gasteiger partial charge in [0.05, 0.1) is 6.07 Å². The minimum absolute atomic E-state index is 0.224. The van der Waals surface area contributed by atoms with Crippen LogP contribution in [-0.2, 0) is 0 Å². The summed E-state index contributed by atoms with van der Waals surface area (Å²) in [7, 11) is 0. The van der Waals surface area contributed by atoms with Gasteiger partial charge >= 0.3 is 0 Å². The van der Waals surface area contributed by atoms with Gasteiger partial charge in [0.25, 0.3) is 0 Å². The summed E-state index contributed by atoms with van der Waals surface area (Å²) in [4.78, 5) is 12.4. The summed E-state index contributed by atoms with van der Waals surface area (Å²) < 4.78 is 0. The molecule has 0 aromatic carbocycles. The van der Waals surface area contributed by atoms with Crippen molar-refractivity contribution in [3.05, 3.63) is 42.7 Å². The van der Waals surface area contributed by atoms with Crippen molar-refractivity contribution < 1.29 is 0 Å². The Balaban J connectivity index is 2.35. The van der Waals surface area contributed by atoms with E-state index in [-0.39, 0.29) is 5.92 Å².